The van der Waals surface area contributed by atoms with Crippen LogP contribution in [-0.2, 0) is 57.4 Å². The van der Waals surface area contributed by atoms with Crippen LogP contribution in [0.15, 0.2) is 91.0 Å². The van der Waals surface area contributed by atoms with Crippen molar-refractivity contribution in [1.29, 1.82) is 0 Å². The van der Waals surface area contributed by atoms with Crippen LogP contribution in [0.4, 0.5) is 0 Å². The fourth-order valence-corrected chi connectivity index (χ4v) is 5.99. The zero-order valence-corrected chi connectivity index (χ0v) is 33.8. The summed E-state index contributed by atoms with van der Waals surface area (Å²) < 4.78 is 62.6. The predicted octanol–water partition coefficient (Wildman–Crippen LogP) is 6.00. The Kier molecular flexibility index (Phi) is 25.2. The van der Waals surface area contributed by atoms with Gasteiger partial charge in [-0.05, 0) is 36.3 Å². The van der Waals surface area contributed by atoms with Crippen molar-refractivity contribution < 1.29 is 51.8 Å². The largest absolute Gasteiger partial charge is 0.415 e. The molecule has 3 aromatic rings. The number of hydrogen-bond donors (Lipinski definition) is 0. The number of ether oxygens (including phenoxy) is 10. The molecule has 0 fully saturated rings. The van der Waals surface area contributed by atoms with Gasteiger partial charge in [-0.1, -0.05) is 91.0 Å². The molecular formula is C42H64O11Si. The summed E-state index contributed by atoms with van der Waals surface area (Å²) in [5.41, 5.74) is 2.46. The van der Waals surface area contributed by atoms with E-state index in [1.165, 1.54) is 0 Å². The summed E-state index contributed by atoms with van der Waals surface area (Å²) in [6.45, 7) is 16.8. The highest BCUT2D eigenvalue weighted by Gasteiger charge is 2.37. The molecule has 0 aliphatic heterocycles. The molecule has 12 heteroatoms. The van der Waals surface area contributed by atoms with E-state index in [4.69, 9.17) is 51.8 Å². The maximum atomic E-state index is 6.73. The van der Waals surface area contributed by atoms with Crippen molar-refractivity contribution in [3.63, 3.8) is 0 Å². The third-order valence-electron chi connectivity index (χ3n) is 7.83. The van der Waals surface area contributed by atoms with Crippen LogP contribution in [0.1, 0.15) is 16.7 Å². The number of benzene rings is 3. The Morgan fingerprint density at radius 3 is 0.778 bits per heavy atom. The minimum atomic E-state index is -1.46. The van der Waals surface area contributed by atoms with Crippen LogP contribution in [0.5, 0.6) is 0 Å². The summed E-state index contributed by atoms with van der Waals surface area (Å²) in [6.07, 6.45) is 0. The molecule has 0 aliphatic rings. The van der Waals surface area contributed by atoms with Gasteiger partial charge in [-0.15, -0.1) is 0 Å². The van der Waals surface area contributed by atoms with Gasteiger partial charge in [0.15, 0.2) is 8.32 Å². The lowest BCUT2D eigenvalue weighted by molar-refractivity contribution is -0.0399. The predicted molar refractivity (Wildman–Crippen MR) is 212 cm³/mol. The first-order valence-electron chi connectivity index (χ1n) is 19.2. The molecule has 3 rings (SSSR count). The number of rotatable bonds is 35. The standard InChI is InChI=1S/C42H64O11Si/c1-54(2,3)53-38-36-51-34-32-49-30-28-47-26-24-45-22-20-43-19-21-44-23-25-46-27-29-48-31-33-50-35-37-52-42(39-13-7-4-8-14-39,40-15-9-5-10-16-40)41-17-11-6-12-18-41/h4-18H,19-38H2,1-3H3. The maximum absolute atomic E-state index is 6.73. The molecule has 302 valence electrons. The van der Waals surface area contributed by atoms with Crippen LogP contribution < -0.4 is 0 Å². The molecule has 3 aromatic carbocycles. The molecule has 0 saturated carbocycles. The van der Waals surface area contributed by atoms with Gasteiger partial charge in [-0.2, -0.15) is 0 Å². The van der Waals surface area contributed by atoms with Gasteiger partial charge < -0.3 is 51.8 Å². The average molecular weight is 773 g/mol. The molecule has 0 aliphatic carbocycles. The molecule has 0 heterocycles. The average Bonchev–Trinajstić information content (AvgIpc) is 3.19. The summed E-state index contributed by atoms with van der Waals surface area (Å²) in [5.74, 6) is 0. The first kappa shape index (κ1) is 45.8. The van der Waals surface area contributed by atoms with Crippen LogP contribution in [0, 0.1) is 0 Å². The molecule has 0 radical (unpaired) electrons. The van der Waals surface area contributed by atoms with Gasteiger partial charge in [-0.25, -0.2) is 0 Å². The van der Waals surface area contributed by atoms with Crippen molar-refractivity contribution >= 4 is 8.32 Å². The minimum absolute atomic E-state index is 0.418. The highest BCUT2D eigenvalue weighted by atomic mass is 28.4. The smallest absolute Gasteiger partial charge is 0.183 e. The molecular weight excluding hydrogens is 709 g/mol. The minimum Gasteiger partial charge on any atom is -0.415 e. The molecule has 0 amide bonds. The fourth-order valence-electron chi connectivity index (χ4n) is 5.29. The quantitative estimate of drug-likeness (QED) is 0.0400. The number of hydrogen-bond acceptors (Lipinski definition) is 11. The highest BCUT2D eigenvalue weighted by molar-refractivity contribution is 6.69. The Labute approximate surface area is 324 Å². The normalized spacial score (nSPS) is 12.1. The highest BCUT2D eigenvalue weighted by Crippen LogP contribution is 2.40. The first-order valence-corrected chi connectivity index (χ1v) is 22.6. The lowest BCUT2D eigenvalue weighted by atomic mass is 9.80. The van der Waals surface area contributed by atoms with Gasteiger partial charge in [0.1, 0.15) is 5.60 Å². The van der Waals surface area contributed by atoms with Crippen LogP contribution in [0.25, 0.3) is 0 Å². The third kappa shape index (κ3) is 20.4. The second kappa shape index (κ2) is 29.7. The van der Waals surface area contributed by atoms with Crippen LogP contribution in [0.3, 0.4) is 0 Å². The molecule has 11 nitrogen and oxygen atoms in total. The lowest BCUT2D eigenvalue weighted by Crippen LogP contribution is -2.34. The molecule has 0 aromatic heterocycles. The van der Waals surface area contributed by atoms with Crippen LogP contribution in [-0.4, -0.2) is 140 Å². The van der Waals surface area contributed by atoms with Crippen LogP contribution in [0.2, 0.25) is 19.6 Å². The maximum Gasteiger partial charge on any atom is 0.183 e. The summed E-state index contributed by atoms with van der Waals surface area (Å²) in [6, 6.07) is 31.0. The SMILES string of the molecule is C[Si](C)(C)OCCOCCOCCOCCOCCOCCOCCOCCOCCOCCOC(c1ccccc1)(c1ccccc1)c1ccccc1. The summed E-state index contributed by atoms with van der Waals surface area (Å²) in [7, 11) is -1.46. The van der Waals surface area contributed by atoms with Gasteiger partial charge in [0.25, 0.3) is 0 Å². The first-order chi connectivity index (χ1) is 26.5. The molecule has 0 saturated heterocycles. The lowest BCUT2D eigenvalue weighted by Gasteiger charge is -2.36. The Balaban J connectivity index is 1.07. The van der Waals surface area contributed by atoms with E-state index < -0.39 is 13.9 Å². The van der Waals surface area contributed by atoms with Crippen molar-refractivity contribution in [1.82, 2.24) is 0 Å². The molecule has 0 spiro atoms. The third-order valence-corrected chi connectivity index (χ3v) is 8.90. The van der Waals surface area contributed by atoms with Crippen molar-refractivity contribution in [2.45, 2.75) is 25.2 Å². The van der Waals surface area contributed by atoms with E-state index in [9.17, 15) is 0 Å². The summed E-state index contributed by atoms with van der Waals surface area (Å²) in [4.78, 5) is 0. The Morgan fingerprint density at radius 1 is 0.315 bits per heavy atom. The van der Waals surface area contributed by atoms with Crippen LogP contribution >= 0.6 is 0 Å². The second-order valence-corrected chi connectivity index (χ2v) is 17.6. The van der Waals surface area contributed by atoms with Gasteiger partial charge in [0, 0.05) is 0 Å². The molecule has 0 atom stereocenters. The van der Waals surface area contributed by atoms with E-state index in [2.05, 4.69) is 56.0 Å². The van der Waals surface area contributed by atoms with Gasteiger partial charge >= 0.3 is 0 Å². The fraction of sp³-hybridized carbons (Fsp3) is 0.571. The van der Waals surface area contributed by atoms with E-state index in [0.717, 1.165) is 16.7 Å². The van der Waals surface area contributed by atoms with E-state index in [-0.39, 0.29) is 0 Å². The zero-order chi connectivity index (χ0) is 38.3. The topological polar surface area (TPSA) is 102 Å². The monoisotopic (exact) mass is 772 g/mol. The van der Waals surface area contributed by atoms with E-state index in [1.54, 1.807) is 0 Å². The molecule has 0 N–H and O–H groups in total. The van der Waals surface area contributed by atoms with E-state index >= 15 is 0 Å². The summed E-state index contributed by atoms with van der Waals surface area (Å²) in [5, 5.41) is 0. The zero-order valence-electron chi connectivity index (χ0n) is 32.8. The van der Waals surface area contributed by atoms with Gasteiger partial charge in [0.05, 0.1) is 132 Å². The molecule has 54 heavy (non-hydrogen) atoms. The van der Waals surface area contributed by atoms with Gasteiger partial charge in [0.2, 0.25) is 0 Å². The van der Waals surface area contributed by atoms with Crippen molar-refractivity contribution in [2.75, 3.05) is 132 Å². The van der Waals surface area contributed by atoms with Crippen molar-refractivity contribution in [3.05, 3.63) is 108 Å². The van der Waals surface area contributed by atoms with E-state index in [1.807, 2.05) is 54.6 Å². The Morgan fingerprint density at radius 2 is 0.537 bits per heavy atom. The van der Waals surface area contributed by atoms with Crippen molar-refractivity contribution in [3.8, 4) is 0 Å². The second-order valence-electron chi connectivity index (χ2n) is 13.1. The van der Waals surface area contributed by atoms with E-state index in [0.29, 0.717) is 132 Å². The van der Waals surface area contributed by atoms with Gasteiger partial charge in [-0.3, -0.25) is 0 Å². The Hall–Kier alpha value is -2.56. The molecule has 0 unspecified atom stereocenters. The molecule has 0 bridgehead atoms. The summed E-state index contributed by atoms with van der Waals surface area (Å²) >= 11 is 0. The van der Waals surface area contributed by atoms with Crippen molar-refractivity contribution in [2.24, 2.45) is 0 Å². The Bertz CT molecular complexity index is 1170.